The van der Waals surface area contributed by atoms with E-state index in [1.54, 1.807) is 6.08 Å². The van der Waals surface area contributed by atoms with Gasteiger partial charge in [0.25, 0.3) is 0 Å². The van der Waals surface area contributed by atoms with Gasteiger partial charge in [-0.25, -0.2) is 8.42 Å². The zero-order valence-corrected chi connectivity index (χ0v) is 13.5. The third-order valence-corrected chi connectivity index (χ3v) is 5.34. The van der Waals surface area contributed by atoms with Crippen LogP contribution < -0.4 is 5.32 Å². The Bertz CT molecular complexity index is 839. The summed E-state index contributed by atoms with van der Waals surface area (Å²) in [6.45, 7) is 1.28. The molecule has 6 nitrogen and oxygen atoms in total. The normalized spacial score (nSPS) is 19.2. The molecule has 1 N–H and O–H groups in total. The number of carbonyl (C=O) groups is 1. The molecule has 1 aromatic carbocycles. The summed E-state index contributed by atoms with van der Waals surface area (Å²) in [7, 11) is -3.09. The van der Waals surface area contributed by atoms with E-state index in [0.29, 0.717) is 6.54 Å². The highest BCUT2D eigenvalue weighted by molar-refractivity contribution is 7.94. The molecule has 1 aliphatic rings. The van der Waals surface area contributed by atoms with Gasteiger partial charge in [0, 0.05) is 36.2 Å². The maximum atomic E-state index is 11.8. The van der Waals surface area contributed by atoms with Crippen LogP contribution in [0.15, 0.2) is 41.9 Å². The van der Waals surface area contributed by atoms with Crippen LogP contribution in [-0.2, 0) is 21.2 Å². The van der Waals surface area contributed by atoms with Gasteiger partial charge >= 0.3 is 0 Å². The molecule has 0 spiro atoms. The van der Waals surface area contributed by atoms with Crippen LogP contribution in [0.25, 0.3) is 10.9 Å². The van der Waals surface area contributed by atoms with E-state index < -0.39 is 9.84 Å². The Balaban J connectivity index is 1.41. The second-order valence-corrected chi connectivity index (χ2v) is 7.68. The lowest BCUT2D eigenvalue weighted by atomic mass is 10.1. The first-order chi connectivity index (χ1) is 11.0. The lowest BCUT2D eigenvalue weighted by Crippen LogP contribution is -2.27. The Morgan fingerprint density at radius 3 is 2.96 bits per heavy atom. The standard InChI is InChI=1S/C16H19N3O3S/c20-16(10-13-6-9-23(21,22)12-13)17-7-3-8-19-15-5-2-1-4-14(15)11-18-19/h1-2,4-6,9,11,13H,3,7-8,10,12H2,(H,17,20)/t13-/m1/s1. The Morgan fingerprint density at radius 1 is 1.35 bits per heavy atom. The molecule has 7 heteroatoms. The van der Waals surface area contributed by atoms with Crippen LogP contribution in [0.5, 0.6) is 0 Å². The number of hydrogen-bond acceptors (Lipinski definition) is 4. The number of allylic oxidation sites excluding steroid dienone is 1. The van der Waals surface area contributed by atoms with Crippen molar-refractivity contribution < 1.29 is 13.2 Å². The van der Waals surface area contributed by atoms with E-state index in [1.165, 1.54) is 5.41 Å². The summed E-state index contributed by atoms with van der Waals surface area (Å²) in [5.74, 6) is -0.267. The van der Waals surface area contributed by atoms with Crippen LogP contribution in [-0.4, -0.2) is 36.4 Å². The minimum Gasteiger partial charge on any atom is -0.356 e. The molecule has 23 heavy (non-hydrogen) atoms. The molecule has 1 amide bonds. The first-order valence-electron chi connectivity index (χ1n) is 7.62. The molecule has 0 radical (unpaired) electrons. The second kappa shape index (κ2) is 6.54. The van der Waals surface area contributed by atoms with E-state index in [9.17, 15) is 13.2 Å². The number of benzene rings is 1. The highest BCUT2D eigenvalue weighted by Gasteiger charge is 2.23. The fourth-order valence-corrected chi connectivity index (χ4v) is 4.14. The number of aromatic nitrogens is 2. The number of hydrogen-bond donors (Lipinski definition) is 1. The van der Waals surface area contributed by atoms with Gasteiger partial charge in [0.2, 0.25) is 5.91 Å². The molecule has 0 fully saturated rings. The van der Waals surface area contributed by atoms with Gasteiger partial charge in [-0.2, -0.15) is 5.10 Å². The number of nitrogens with zero attached hydrogens (tertiary/aromatic N) is 2. The molecule has 2 aromatic rings. The maximum absolute atomic E-state index is 11.8. The van der Waals surface area contributed by atoms with E-state index >= 15 is 0 Å². The van der Waals surface area contributed by atoms with Crippen molar-refractivity contribution in [1.82, 2.24) is 15.1 Å². The van der Waals surface area contributed by atoms with Gasteiger partial charge in [-0.3, -0.25) is 9.48 Å². The van der Waals surface area contributed by atoms with Crippen LogP contribution in [0.2, 0.25) is 0 Å². The predicted molar refractivity (Wildman–Crippen MR) is 88.4 cm³/mol. The molecular formula is C16H19N3O3S. The predicted octanol–water partition coefficient (Wildman–Crippen LogP) is 1.49. The summed E-state index contributed by atoms with van der Waals surface area (Å²) in [6, 6.07) is 8.00. The van der Waals surface area contributed by atoms with E-state index in [1.807, 2.05) is 35.1 Å². The number of para-hydroxylation sites is 1. The van der Waals surface area contributed by atoms with Crippen LogP contribution in [0.3, 0.4) is 0 Å². The SMILES string of the molecule is O=C(C[C@H]1C=CS(=O)(=O)C1)NCCCn1ncc2ccccc21. The fourth-order valence-electron chi connectivity index (χ4n) is 2.74. The van der Waals surface area contributed by atoms with Crippen LogP contribution in [0.4, 0.5) is 0 Å². The van der Waals surface area contributed by atoms with Crippen LogP contribution in [0.1, 0.15) is 12.8 Å². The number of amides is 1. The number of nitrogens with one attached hydrogen (secondary N) is 1. The molecule has 1 aliphatic heterocycles. The zero-order valence-electron chi connectivity index (χ0n) is 12.7. The number of sulfone groups is 1. The molecule has 2 heterocycles. The summed E-state index contributed by atoms with van der Waals surface area (Å²) in [5, 5.41) is 9.48. The van der Waals surface area contributed by atoms with Gasteiger partial charge in [-0.05, 0) is 12.5 Å². The minimum atomic E-state index is -3.09. The fraction of sp³-hybridized carbons (Fsp3) is 0.375. The Labute approximate surface area is 135 Å². The van der Waals surface area contributed by atoms with E-state index in [2.05, 4.69) is 10.4 Å². The third-order valence-electron chi connectivity index (χ3n) is 3.87. The van der Waals surface area contributed by atoms with Crippen molar-refractivity contribution in [3.63, 3.8) is 0 Å². The second-order valence-electron chi connectivity index (χ2n) is 5.75. The average Bonchev–Trinajstić information content (AvgIpc) is 3.07. The van der Waals surface area contributed by atoms with Gasteiger partial charge in [0.1, 0.15) is 0 Å². The molecule has 0 saturated heterocycles. The molecule has 1 aromatic heterocycles. The number of aryl methyl sites for hydroxylation is 1. The van der Waals surface area contributed by atoms with Gasteiger partial charge in [-0.1, -0.05) is 24.3 Å². The Kier molecular flexibility index (Phi) is 4.47. The van der Waals surface area contributed by atoms with Crippen molar-refractivity contribution >= 4 is 26.6 Å². The van der Waals surface area contributed by atoms with E-state index in [-0.39, 0.29) is 24.0 Å². The molecule has 3 rings (SSSR count). The average molecular weight is 333 g/mol. The van der Waals surface area contributed by atoms with Gasteiger partial charge < -0.3 is 5.32 Å². The van der Waals surface area contributed by atoms with Crippen molar-refractivity contribution in [3.8, 4) is 0 Å². The minimum absolute atomic E-state index is 0.0414. The highest BCUT2D eigenvalue weighted by Crippen LogP contribution is 2.18. The number of rotatable bonds is 6. The molecule has 0 unspecified atom stereocenters. The van der Waals surface area contributed by atoms with E-state index in [4.69, 9.17) is 0 Å². The summed E-state index contributed by atoms with van der Waals surface area (Å²) in [5.41, 5.74) is 1.08. The van der Waals surface area contributed by atoms with E-state index in [0.717, 1.165) is 23.9 Å². The van der Waals surface area contributed by atoms with Gasteiger partial charge in [0.15, 0.2) is 9.84 Å². The Morgan fingerprint density at radius 2 is 2.17 bits per heavy atom. The van der Waals surface area contributed by atoms with Crippen LogP contribution >= 0.6 is 0 Å². The largest absolute Gasteiger partial charge is 0.356 e. The topological polar surface area (TPSA) is 81.1 Å². The monoisotopic (exact) mass is 333 g/mol. The zero-order chi connectivity index (χ0) is 16.3. The summed E-state index contributed by atoms with van der Waals surface area (Å²) in [4.78, 5) is 11.8. The lowest BCUT2D eigenvalue weighted by Gasteiger charge is -2.08. The maximum Gasteiger partial charge on any atom is 0.220 e. The molecule has 0 aliphatic carbocycles. The molecule has 122 valence electrons. The number of carbonyl (C=O) groups excluding carboxylic acids is 1. The quantitative estimate of drug-likeness (QED) is 0.812. The van der Waals surface area contributed by atoms with Crippen molar-refractivity contribution in [2.75, 3.05) is 12.3 Å². The Hall–Kier alpha value is -2.15. The number of fused-ring (bicyclic) bond motifs is 1. The van der Waals surface area contributed by atoms with Gasteiger partial charge in [-0.15, -0.1) is 0 Å². The first kappa shape index (κ1) is 15.7. The first-order valence-corrected chi connectivity index (χ1v) is 9.33. The van der Waals surface area contributed by atoms with Crippen molar-refractivity contribution in [1.29, 1.82) is 0 Å². The molecule has 0 saturated carbocycles. The molecule has 1 atom stereocenters. The van der Waals surface area contributed by atoms with Gasteiger partial charge in [0.05, 0.1) is 17.5 Å². The van der Waals surface area contributed by atoms with Crippen LogP contribution in [0, 0.1) is 5.92 Å². The van der Waals surface area contributed by atoms with Crippen molar-refractivity contribution in [2.24, 2.45) is 5.92 Å². The summed E-state index contributed by atoms with van der Waals surface area (Å²) < 4.78 is 24.5. The highest BCUT2D eigenvalue weighted by atomic mass is 32.2. The van der Waals surface area contributed by atoms with Crippen molar-refractivity contribution in [2.45, 2.75) is 19.4 Å². The molecular weight excluding hydrogens is 314 g/mol. The summed E-state index contributed by atoms with van der Waals surface area (Å²) in [6.07, 6.45) is 4.43. The van der Waals surface area contributed by atoms with Crippen molar-refractivity contribution in [3.05, 3.63) is 41.9 Å². The smallest absolute Gasteiger partial charge is 0.220 e. The molecule has 0 bridgehead atoms. The third kappa shape index (κ3) is 3.98. The summed E-state index contributed by atoms with van der Waals surface area (Å²) >= 11 is 0. The lowest BCUT2D eigenvalue weighted by molar-refractivity contribution is -0.121.